The van der Waals surface area contributed by atoms with Crippen molar-refractivity contribution >= 4 is 58.0 Å². The van der Waals surface area contributed by atoms with Gasteiger partial charge in [0, 0.05) is 27.7 Å². The quantitative estimate of drug-likeness (QED) is 0.333. The van der Waals surface area contributed by atoms with Crippen LogP contribution in [0.2, 0.25) is 10.0 Å². The number of nitrogens with one attached hydrogen (secondary N) is 2. The van der Waals surface area contributed by atoms with Gasteiger partial charge in [-0.2, -0.15) is 5.10 Å². The second-order valence-corrected chi connectivity index (χ2v) is 8.59. The zero-order chi connectivity index (χ0) is 24.1. The Hall–Kier alpha value is -3.36. The monoisotopic (exact) mass is 487 g/mol. The van der Waals surface area contributed by atoms with Gasteiger partial charge in [-0.25, -0.2) is 5.43 Å². The van der Waals surface area contributed by atoms with E-state index < -0.39 is 23.8 Å². The van der Waals surface area contributed by atoms with Gasteiger partial charge in [-0.15, -0.1) is 0 Å². The first-order valence-corrected chi connectivity index (χ1v) is 10.9. The number of carbonyl (C=O) groups excluding carboxylic acids is 3. The van der Waals surface area contributed by atoms with Gasteiger partial charge < -0.3 is 15.6 Å². The summed E-state index contributed by atoms with van der Waals surface area (Å²) in [5, 5.41) is 8.18. The lowest BCUT2D eigenvalue weighted by Crippen LogP contribution is -2.48. The molecule has 3 rings (SSSR count). The summed E-state index contributed by atoms with van der Waals surface area (Å²) in [5.41, 5.74) is 9.52. The number of hydrogen-bond donors (Lipinski definition) is 3. The van der Waals surface area contributed by atoms with Crippen molar-refractivity contribution in [3.8, 4) is 0 Å². The van der Waals surface area contributed by atoms with Gasteiger partial charge in [0.05, 0.1) is 16.8 Å². The average Bonchev–Trinajstić information content (AvgIpc) is 3.08. The molecule has 3 amide bonds. The molecule has 0 saturated carbocycles. The molecule has 0 aliphatic carbocycles. The maximum absolute atomic E-state index is 12.7. The minimum absolute atomic E-state index is 0.0232. The van der Waals surface area contributed by atoms with E-state index in [9.17, 15) is 14.4 Å². The van der Waals surface area contributed by atoms with E-state index in [0.717, 1.165) is 10.9 Å². The van der Waals surface area contributed by atoms with E-state index in [1.165, 1.54) is 18.3 Å². The highest BCUT2D eigenvalue weighted by molar-refractivity contribution is 6.36. The van der Waals surface area contributed by atoms with Crippen LogP contribution >= 0.6 is 23.2 Å². The summed E-state index contributed by atoms with van der Waals surface area (Å²) in [4.78, 5) is 36.7. The normalized spacial score (nSPS) is 12.3. The lowest BCUT2D eigenvalue weighted by atomic mass is 10.0. The van der Waals surface area contributed by atoms with Crippen molar-refractivity contribution in [2.45, 2.75) is 26.4 Å². The third-order valence-electron chi connectivity index (χ3n) is 4.94. The minimum atomic E-state index is -0.849. The van der Waals surface area contributed by atoms with E-state index in [4.69, 9.17) is 28.9 Å². The zero-order valence-electron chi connectivity index (χ0n) is 18.0. The number of nitrogens with zero attached hydrogens (tertiary/aromatic N) is 2. The Morgan fingerprint density at radius 2 is 1.88 bits per heavy atom. The van der Waals surface area contributed by atoms with Crippen molar-refractivity contribution in [1.29, 1.82) is 0 Å². The second kappa shape index (κ2) is 10.5. The van der Waals surface area contributed by atoms with Crippen LogP contribution in [0.1, 0.15) is 29.8 Å². The smallest absolute Gasteiger partial charge is 0.262 e. The zero-order valence-corrected chi connectivity index (χ0v) is 19.5. The SMILES string of the molecule is CC(C)C(NC(=O)c1ccc(Cl)cc1Cl)C(=O)N/N=C\c1cn(CC(N)=O)c2ccccc12. The fourth-order valence-corrected chi connectivity index (χ4v) is 3.83. The van der Waals surface area contributed by atoms with Crippen LogP contribution in [0.5, 0.6) is 0 Å². The third kappa shape index (κ3) is 5.91. The van der Waals surface area contributed by atoms with Crippen LogP contribution in [0.15, 0.2) is 53.8 Å². The van der Waals surface area contributed by atoms with Crippen molar-refractivity contribution in [1.82, 2.24) is 15.3 Å². The van der Waals surface area contributed by atoms with E-state index in [-0.39, 0.29) is 23.0 Å². The van der Waals surface area contributed by atoms with Crippen molar-refractivity contribution in [3.63, 3.8) is 0 Å². The summed E-state index contributed by atoms with van der Waals surface area (Å²) < 4.78 is 1.72. The van der Waals surface area contributed by atoms with E-state index >= 15 is 0 Å². The van der Waals surface area contributed by atoms with Gasteiger partial charge in [0.1, 0.15) is 12.6 Å². The van der Waals surface area contributed by atoms with Crippen LogP contribution in [-0.4, -0.2) is 34.5 Å². The second-order valence-electron chi connectivity index (χ2n) is 7.75. The molecule has 0 radical (unpaired) electrons. The molecule has 33 heavy (non-hydrogen) atoms. The molecule has 3 aromatic rings. The van der Waals surface area contributed by atoms with Crippen molar-refractivity contribution in [2.24, 2.45) is 16.8 Å². The van der Waals surface area contributed by atoms with Crippen LogP contribution in [0.25, 0.3) is 10.9 Å². The Labute approximate surface area is 200 Å². The summed E-state index contributed by atoms with van der Waals surface area (Å²) >= 11 is 12.0. The summed E-state index contributed by atoms with van der Waals surface area (Å²) in [6.45, 7) is 3.62. The number of carbonyl (C=O) groups is 3. The van der Waals surface area contributed by atoms with Gasteiger partial charge in [-0.1, -0.05) is 55.2 Å². The highest BCUT2D eigenvalue weighted by atomic mass is 35.5. The maximum atomic E-state index is 12.7. The molecule has 0 fully saturated rings. The van der Waals surface area contributed by atoms with Crippen molar-refractivity contribution < 1.29 is 14.4 Å². The van der Waals surface area contributed by atoms with Gasteiger partial charge in [0.25, 0.3) is 11.8 Å². The lowest BCUT2D eigenvalue weighted by molar-refractivity contribution is -0.124. The number of benzene rings is 2. The minimum Gasteiger partial charge on any atom is -0.368 e. The van der Waals surface area contributed by atoms with Gasteiger partial charge in [-0.05, 0) is 30.2 Å². The summed E-state index contributed by atoms with van der Waals surface area (Å²) in [7, 11) is 0. The van der Waals surface area contributed by atoms with Crippen molar-refractivity contribution in [3.05, 3.63) is 69.8 Å². The number of halogens is 2. The number of nitrogens with two attached hydrogens (primary N) is 1. The number of fused-ring (bicyclic) bond motifs is 1. The Morgan fingerprint density at radius 3 is 2.55 bits per heavy atom. The van der Waals surface area contributed by atoms with Crippen LogP contribution in [-0.2, 0) is 16.1 Å². The third-order valence-corrected chi connectivity index (χ3v) is 5.48. The summed E-state index contributed by atoms with van der Waals surface area (Å²) in [6.07, 6.45) is 3.21. The van der Waals surface area contributed by atoms with E-state index in [1.807, 2.05) is 24.3 Å². The number of primary amides is 1. The first-order chi connectivity index (χ1) is 15.7. The highest BCUT2D eigenvalue weighted by Crippen LogP contribution is 2.22. The number of rotatable bonds is 8. The van der Waals surface area contributed by atoms with Gasteiger partial charge >= 0.3 is 0 Å². The van der Waals surface area contributed by atoms with Gasteiger partial charge in [0.2, 0.25) is 5.91 Å². The lowest BCUT2D eigenvalue weighted by Gasteiger charge is -2.20. The molecule has 8 nitrogen and oxygen atoms in total. The highest BCUT2D eigenvalue weighted by Gasteiger charge is 2.25. The molecule has 0 spiro atoms. The molecule has 1 atom stereocenters. The van der Waals surface area contributed by atoms with E-state index in [0.29, 0.717) is 10.6 Å². The Kier molecular flexibility index (Phi) is 7.73. The number of para-hydroxylation sites is 1. The number of hydrogen-bond acceptors (Lipinski definition) is 4. The molecule has 0 saturated heterocycles. The predicted molar refractivity (Wildman–Crippen MR) is 129 cm³/mol. The van der Waals surface area contributed by atoms with Crippen LogP contribution in [0.3, 0.4) is 0 Å². The molecule has 0 aliphatic rings. The summed E-state index contributed by atoms with van der Waals surface area (Å²) in [5.74, 6) is -1.67. The molecule has 1 aromatic heterocycles. The Balaban J connectivity index is 1.74. The van der Waals surface area contributed by atoms with Crippen molar-refractivity contribution in [2.75, 3.05) is 0 Å². The standard InChI is InChI=1S/C23H23Cl2N5O3/c1-13(2)21(28-22(32)17-8-7-15(24)9-18(17)25)23(33)29-27-10-14-11-30(12-20(26)31)19-6-4-3-5-16(14)19/h3-11,13,21H,12H2,1-2H3,(H2,26,31)(H,28,32)(H,29,33)/b27-10-. The molecule has 172 valence electrons. The fourth-order valence-electron chi connectivity index (χ4n) is 3.34. The molecule has 4 N–H and O–H groups in total. The first-order valence-electron chi connectivity index (χ1n) is 10.1. The molecule has 1 unspecified atom stereocenters. The van der Waals surface area contributed by atoms with E-state index in [2.05, 4.69) is 15.8 Å². The predicted octanol–water partition coefficient (Wildman–Crippen LogP) is 3.34. The molecule has 0 aliphatic heterocycles. The van der Waals surface area contributed by atoms with Crippen LogP contribution < -0.4 is 16.5 Å². The molecule has 1 heterocycles. The Morgan fingerprint density at radius 1 is 1.15 bits per heavy atom. The Bertz CT molecular complexity index is 1240. The van der Waals surface area contributed by atoms with Gasteiger partial charge in [0.15, 0.2) is 0 Å². The molecular formula is C23H23Cl2N5O3. The number of amides is 3. The number of aromatic nitrogens is 1. The molecule has 0 bridgehead atoms. The summed E-state index contributed by atoms with van der Waals surface area (Å²) in [6, 6.07) is 11.1. The molecular weight excluding hydrogens is 465 g/mol. The van der Waals surface area contributed by atoms with Crippen LogP contribution in [0, 0.1) is 5.92 Å². The maximum Gasteiger partial charge on any atom is 0.262 e. The fraction of sp³-hybridized carbons (Fsp3) is 0.217. The number of hydrazone groups is 1. The topological polar surface area (TPSA) is 119 Å². The van der Waals surface area contributed by atoms with Gasteiger partial charge in [-0.3, -0.25) is 14.4 Å². The molecule has 2 aromatic carbocycles. The van der Waals surface area contributed by atoms with E-state index in [1.54, 1.807) is 30.7 Å². The average molecular weight is 488 g/mol. The molecule has 10 heteroatoms. The van der Waals surface area contributed by atoms with Crippen LogP contribution in [0.4, 0.5) is 0 Å². The largest absolute Gasteiger partial charge is 0.368 e. The first kappa shape index (κ1) is 24.3.